The molecule has 0 unspecified atom stereocenters. The quantitative estimate of drug-likeness (QED) is 0.788. The van der Waals surface area contributed by atoms with E-state index in [4.69, 9.17) is 23.2 Å². The van der Waals surface area contributed by atoms with Gasteiger partial charge in [-0.05, 0) is 30.9 Å². The fourth-order valence-electron chi connectivity index (χ4n) is 2.75. The zero-order chi connectivity index (χ0) is 13.9. The van der Waals surface area contributed by atoms with Crippen molar-refractivity contribution in [1.82, 2.24) is 15.0 Å². The molecule has 20 heavy (non-hydrogen) atoms. The smallest absolute Gasteiger partial charge is 0.137 e. The number of hydrogen-bond donors (Lipinski definition) is 0. The average molecular weight is 308 g/mol. The van der Waals surface area contributed by atoms with Gasteiger partial charge in [-0.25, -0.2) is 9.97 Å². The van der Waals surface area contributed by atoms with E-state index in [0.717, 1.165) is 24.1 Å². The van der Waals surface area contributed by atoms with Gasteiger partial charge in [0.2, 0.25) is 0 Å². The summed E-state index contributed by atoms with van der Waals surface area (Å²) in [4.78, 5) is 13.1. The van der Waals surface area contributed by atoms with Gasteiger partial charge in [0.1, 0.15) is 16.1 Å². The molecular weight excluding hydrogens is 293 g/mol. The molecule has 3 nitrogen and oxygen atoms in total. The van der Waals surface area contributed by atoms with Crippen LogP contribution in [0.25, 0.3) is 0 Å². The Kier molecular flexibility index (Phi) is 4.18. The number of rotatable bonds is 3. The van der Waals surface area contributed by atoms with Crippen LogP contribution in [0, 0.1) is 0 Å². The molecule has 2 heterocycles. The van der Waals surface area contributed by atoms with Gasteiger partial charge in [0.05, 0.1) is 6.42 Å². The lowest BCUT2D eigenvalue weighted by Gasteiger charge is -2.13. The predicted molar refractivity (Wildman–Crippen MR) is 80.3 cm³/mol. The molecular formula is C15H15Cl2N3. The lowest BCUT2D eigenvalue weighted by atomic mass is 10.0. The predicted octanol–water partition coefficient (Wildman–Crippen LogP) is 4.43. The third-order valence-electron chi connectivity index (χ3n) is 3.73. The van der Waals surface area contributed by atoms with Crippen molar-refractivity contribution in [1.29, 1.82) is 0 Å². The van der Waals surface area contributed by atoms with Crippen LogP contribution in [0.4, 0.5) is 0 Å². The maximum Gasteiger partial charge on any atom is 0.137 e. The summed E-state index contributed by atoms with van der Waals surface area (Å²) in [7, 11) is 0. The number of halogens is 2. The van der Waals surface area contributed by atoms with Crippen LogP contribution in [0.2, 0.25) is 10.3 Å². The van der Waals surface area contributed by atoms with E-state index in [1.54, 1.807) is 6.20 Å². The fraction of sp³-hybridized carbons (Fsp3) is 0.400. The number of hydrogen-bond acceptors (Lipinski definition) is 3. The topological polar surface area (TPSA) is 38.7 Å². The maximum atomic E-state index is 6.32. The minimum absolute atomic E-state index is 0.416. The number of nitrogens with zero attached hydrogens (tertiary/aromatic N) is 3. The normalized spacial score (nSPS) is 15.7. The van der Waals surface area contributed by atoms with Gasteiger partial charge in [-0.1, -0.05) is 42.1 Å². The molecule has 1 saturated carbocycles. The van der Waals surface area contributed by atoms with Crippen molar-refractivity contribution in [3.8, 4) is 0 Å². The summed E-state index contributed by atoms with van der Waals surface area (Å²) in [6.45, 7) is 0. The molecule has 1 aliphatic carbocycles. The summed E-state index contributed by atoms with van der Waals surface area (Å²) in [5.74, 6) is 1.04. The first-order chi connectivity index (χ1) is 9.74. The van der Waals surface area contributed by atoms with Crippen LogP contribution in [-0.4, -0.2) is 15.0 Å². The van der Waals surface area contributed by atoms with Gasteiger partial charge in [0.25, 0.3) is 0 Å². The molecule has 3 rings (SSSR count). The average Bonchev–Trinajstić information content (AvgIpc) is 2.93. The van der Waals surface area contributed by atoms with Crippen LogP contribution in [0.1, 0.15) is 48.7 Å². The first kappa shape index (κ1) is 13.8. The van der Waals surface area contributed by atoms with E-state index in [-0.39, 0.29) is 0 Å². The molecule has 1 aliphatic rings. The van der Waals surface area contributed by atoms with E-state index >= 15 is 0 Å². The highest BCUT2D eigenvalue weighted by molar-refractivity contribution is 6.34. The SMILES string of the molecule is Clc1nc(Cc2ccccn2)nc(Cl)c1C1CCCC1. The first-order valence-corrected chi connectivity index (χ1v) is 7.61. The molecule has 0 N–H and O–H groups in total. The van der Waals surface area contributed by atoms with E-state index in [1.807, 2.05) is 18.2 Å². The van der Waals surface area contributed by atoms with E-state index in [2.05, 4.69) is 15.0 Å². The van der Waals surface area contributed by atoms with Crippen LogP contribution in [0.15, 0.2) is 24.4 Å². The summed E-state index contributed by atoms with van der Waals surface area (Å²) in [6.07, 6.45) is 7.02. The van der Waals surface area contributed by atoms with Crippen LogP contribution in [-0.2, 0) is 6.42 Å². The Morgan fingerprint density at radius 1 is 1.05 bits per heavy atom. The van der Waals surface area contributed by atoms with Gasteiger partial charge in [-0.3, -0.25) is 4.98 Å². The third-order valence-corrected chi connectivity index (χ3v) is 4.30. The van der Waals surface area contributed by atoms with Crippen molar-refractivity contribution in [2.45, 2.75) is 38.0 Å². The van der Waals surface area contributed by atoms with Crippen LogP contribution in [0.3, 0.4) is 0 Å². The second-order valence-electron chi connectivity index (χ2n) is 5.11. The molecule has 5 heteroatoms. The lowest BCUT2D eigenvalue weighted by molar-refractivity contribution is 0.710. The van der Waals surface area contributed by atoms with Crippen molar-refractivity contribution in [3.63, 3.8) is 0 Å². The van der Waals surface area contributed by atoms with Crippen molar-refractivity contribution in [3.05, 3.63) is 51.8 Å². The lowest BCUT2D eigenvalue weighted by Crippen LogP contribution is -2.05. The molecule has 2 aromatic heterocycles. The van der Waals surface area contributed by atoms with E-state index in [0.29, 0.717) is 28.5 Å². The summed E-state index contributed by atoms with van der Waals surface area (Å²) in [5, 5.41) is 1.01. The monoisotopic (exact) mass is 307 g/mol. The highest BCUT2D eigenvalue weighted by atomic mass is 35.5. The summed E-state index contributed by atoms with van der Waals surface area (Å²) in [5.41, 5.74) is 1.84. The van der Waals surface area contributed by atoms with Gasteiger partial charge < -0.3 is 0 Å². The molecule has 2 aromatic rings. The highest BCUT2D eigenvalue weighted by Gasteiger charge is 2.24. The van der Waals surface area contributed by atoms with Crippen LogP contribution >= 0.6 is 23.2 Å². The van der Waals surface area contributed by atoms with Gasteiger partial charge in [-0.15, -0.1) is 0 Å². The molecule has 0 spiro atoms. The minimum atomic E-state index is 0.416. The van der Waals surface area contributed by atoms with Gasteiger partial charge >= 0.3 is 0 Å². The standard InChI is InChI=1S/C15H15Cl2N3/c16-14-13(10-5-1-2-6-10)15(17)20-12(19-14)9-11-7-3-4-8-18-11/h3-4,7-8,10H,1-2,5-6,9H2. The van der Waals surface area contributed by atoms with Crippen molar-refractivity contribution in [2.75, 3.05) is 0 Å². The first-order valence-electron chi connectivity index (χ1n) is 6.86. The molecule has 0 amide bonds. The van der Waals surface area contributed by atoms with E-state index in [9.17, 15) is 0 Å². The summed E-state index contributed by atoms with van der Waals surface area (Å²) >= 11 is 12.6. The van der Waals surface area contributed by atoms with Crippen molar-refractivity contribution < 1.29 is 0 Å². The molecule has 1 fully saturated rings. The fourth-order valence-corrected chi connectivity index (χ4v) is 3.48. The molecule has 0 aliphatic heterocycles. The Morgan fingerprint density at radius 3 is 2.35 bits per heavy atom. The maximum absolute atomic E-state index is 6.32. The number of aromatic nitrogens is 3. The van der Waals surface area contributed by atoms with E-state index in [1.165, 1.54) is 12.8 Å². The molecule has 0 radical (unpaired) electrons. The van der Waals surface area contributed by atoms with Crippen molar-refractivity contribution in [2.24, 2.45) is 0 Å². The number of pyridine rings is 1. The van der Waals surface area contributed by atoms with Gasteiger partial charge in [0.15, 0.2) is 0 Å². The molecule has 0 aromatic carbocycles. The Morgan fingerprint density at radius 2 is 1.75 bits per heavy atom. The summed E-state index contributed by atoms with van der Waals surface area (Å²) in [6, 6.07) is 5.77. The second-order valence-corrected chi connectivity index (χ2v) is 5.83. The Balaban J connectivity index is 1.87. The Labute approximate surface area is 128 Å². The highest BCUT2D eigenvalue weighted by Crippen LogP contribution is 2.39. The van der Waals surface area contributed by atoms with Crippen LogP contribution < -0.4 is 0 Å². The van der Waals surface area contributed by atoms with Gasteiger partial charge in [-0.2, -0.15) is 0 Å². The third kappa shape index (κ3) is 2.94. The molecule has 0 saturated heterocycles. The van der Waals surface area contributed by atoms with Crippen LogP contribution in [0.5, 0.6) is 0 Å². The Hall–Kier alpha value is -1.19. The largest absolute Gasteiger partial charge is 0.261 e. The second kappa shape index (κ2) is 6.06. The van der Waals surface area contributed by atoms with E-state index < -0.39 is 0 Å². The molecule has 104 valence electrons. The molecule has 0 bridgehead atoms. The van der Waals surface area contributed by atoms with Gasteiger partial charge in [0, 0.05) is 17.5 Å². The van der Waals surface area contributed by atoms with Crippen molar-refractivity contribution >= 4 is 23.2 Å². The zero-order valence-electron chi connectivity index (χ0n) is 11.0. The molecule has 0 atom stereocenters. The summed E-state index contributed by atoms with van der Waals surface area (Å²) < 4.78 is 0. The minimum Gasteiger partial charge on any atom is -0.261 e. The Bertz CT molecular complexity index is 572. The zero-order valence-corrected chi connectivity index (χ0v) is 12.5.